The Bertz CT molecular complexity index is 1390. The van der Waals surface area contributed by atoms with Gasteiger partial charge >= 0.3 is 0 Å². The fourth-order valence-corrected chi connectivity index (χ4v) is 3.74. The number of aromatic nitrogens is 1. The van der Waals surface area contributed by atoms with E-state index in [1.165, 1.54) is 5.39 Å². The lowest BCUT2D eigenvalue weighted by Gasteiger charge is -2.00. The fraction of sp³-hybridized carbons (Fsp3) is 0. The van der Waals surface area contributed by atoms with Crippen molar-refractivity contribution in [3.05, 3.63) is 88.0 Å². The van der Waals surface area contributed by atoms with Crippen LogP contribution in [0.2, 0.25) is 0 Å². The lowest BCUT2D eigenvalue weighted by molar-refractivity contribution is 0.470. The number of rotatable bonds is 3. The van der Waals surface area contributed by atoms with Gasteiger partial charge in [-0.05, 0) is 69.8 Å². The minimum absolute atomic E-state index is 0.233. The summed E-state index contributed by atoms with van der Waals surface area (Å²) in [5, 5.41) is 12.5. The molecule has 4 aromatic carbocycles. The number of nitrogens with zero attached hydrogens (tertiary/aromatic N) is 2. The molecule has 0 radical (unpaired) electrons. The van der Waals surface area contributed by atoms with Crippen LogP contribution in [0.25, 0.3) is 33.3 Å². The van der Waals surface area contributed by atoms with Gasteiger partial charge in [0.1, 0.15) is 11.3 Å². The van der Waals surface area contributed by atoms with Gasteiger partial charge in [-0.15, -0.1) is 0 Å². The molecule has 5 heteroatoms. The molecule has 1 N–H and O–H groups in total. The summed E-state index contributed by atoms with van der Waals surface area (Å²) in [6.07, 6.45) is 1.65. The van der Waals surface area contributed by atoms with Crippen molar-refractivity contribution in [2.45, 2.75) is 0 Å². The van der Waals surface area contributed by atoms with E-state index in [9.17, 15) is 5.11 Å². The van der Waals surface area contributed by atoms with Crippen LogP contribution in [0.1, 0.15) is 5.56 Å². The zero-order valence-electron chi connectivity index (χ0n) is 15.2. The van der Waals surface area contributed by atoms with Crippen molar-refractivity contribution in [1.82, 2.24) is 4.98 Å². The van der Waals surface area contributed by atoms with Crippen LogP contribution in [0.3, 0.4) is 0 Å². The average Bonchev–Trinajstić information content (AvgIpc) is 3.18. The van der Waals surface area contributed by atoms with Crippen molar-refractivity contribution in [2.75, 3.05) is 0 Å². The zero-order valence-corrected chi connectivity index (χ0v) is 17.4. The highest BCUT2D eigenvalue weighted by atomic mass is 127. The molecule has 4 nitrogen and oxygen atoms in total. The molecule has 0 fully saturated rings. The van der Waals surface area contributed by atoms with Crippen LogP contribution in [0, 0.1) is 3.57 Å². The number of fused-ring (bicyclic) bond motifs is 2. The lowest BCUT2D eigenvalue weighted by Crippen LogP contribution is -1.84. The Balaban J connectivity index is 1.49. The first kappa shape index (κ1) is 17.9. The molecule has 0 unspecified atom stereocenters. The predicted molar refractivity (Wildman–Crippen MR) is 125 cm³/mol. The largest absolute Gasteiger partial charge is 0.506 e. The number of phenolic OH excluding ortho intramolecular Hbond substituents is 1. The van der Waals surface area contributed by atoms with E-state index in [1.807, 2.05) is 54.6 Å². The Morgan fingerprint density at radius 3 is 2.66 bits per heavy atom. The summed E-state index contributed by atoms with van der Waals surface area (Å²) < 4.78 is 6.79. The topological polar surface area (TPSA) is 58.6 Å². The van der Waals surface area contributed by atoms with E-state index in [2.05, 4.69) is 56.8 Å². The Hall–Kier alpha value is -3.19. The predicted octanol–water partition coefficient (Wildman–Crippen LogP) is 6.71. The van der Waals surface area contributed by atoms with Crippen LogP contribution >= 0.6 is 22.6 Å². The molecule has 0 saturated heterocycles. The second-order valence-electron chi connectivity index (χ2n) is 6.67. The molecule has 0 amide bonds. The Kier molecular flexibility index (Phi) is 4.52. The van der Waals surface area contributed by atoms with Crippen LogP contribution in [-0.2, 0) is 0 Å². The molecular formula is C24H15IN2O2. The van der Waals surface area contributed by atoms with E-state index in [0.29, 0.717) is 17.0 Å². The Morgan fingerprint density at radius 2 is 1.76 bits per heavy atom. The number of halogens is 1. The molecule has 0 atom stereocenters. The van der Waals surface area contributed by atoms with Gasteiger partial charge in [-0.25, -0.2) is 4.98 Å². The SMILES string of the molecule is Oc1c(I)cccc1C=Nc1ccc2nc(-c3ccc4ccccc4c3)oc2c1. The highest BCUT2D eigenvalue weighted by molar-refractivity contribution is 14.1. The zero-order chi connectivity index (χ0) is 19.8. The summed E-state index contributed by atoms with van der Waals surface area (Å²) in [7, 11) is 0. The summed E-state index contributed by atoms with van der Waals surface area (Å²) in [5.74, 6) is 0.818. The first-order valence-corrected chi connectivity index (χ1v) is 10.2. The Labute approximate surface area is 180 Å². The third-order valence-corrected chi connectivity index (χ3v) is 5.61. The van der Waals surface area contributed by atoms with Gasteiger partial charge in [-0.2, -0.15) is 0 Å². The van der Waals surface area contributed by atoms with Gasteiger partial charge in [0, 0.05) is 23.4 Å². The highest BCUT2D eigenvalue weighted by Gasteiger charge is 2.09. The summed E-state index contributed by atoms with van der Waals surface area (Å²) in [4.78, 5) is 9.09. The molecule has 0 aliphatic carbocycles. The number of oxazole rings is 1. The van der Waals surface area contributed by atoms with Gasteiger partial charge in [0.15, 0.2) is 5.58 Å². The second kappa shape index (κ2) is 7.33. The molecule has 5 rings (SSSR count). The average molecular weight is 490 g/mol. The summed E-state index contributed by atoms with van der Waals surface area (Å²) in [6, 6.07) is 25.6. The number of hydrogen-bond acceptors (Lipinski definition) is 4. The van der Waals surface area contributed by atoms with Crippen LogP contribution in [-0.4, -0.2) is 16.3 Å². The first-order chi connectivity index (χ1) is 14.2. The minimum Gasteiger partial charge on any atom is -0.506 e. The van der Waals surface area contributed by atoms with E-state index < -0.39 is 0 Å². The second-order valence-corrected chi connectivity index (χ2v) is 7.83. The summed E-state index contributed by atoms with van der Waals surface area (Å²) in [5.41, 5.74) is 3.80. The van der Waals surface area contributed by atoms with E-state index >= 15 is 0 Å². The van der Waals surface area contributed by atoms with E-state index in [1.54, 1.807) is 6.21 Å². The van der Waals surface area contributed by atoms with Crippen molar-refractivity contribution in [1.29, 1.82) is 0 Å². The van der Waals surface area contributed by atoms with Crippen molar-refractivity contribution in [3.8, 4) is 17.2 Å². The molecule has 1 aromatic heterocycles. The number of para-hydroxylation sites is 1. The molecule has 140 valence electrons. The fourth-order valence-electron chi connectivity index (χ4n) is 3.22. The Morgan fingerprint density at radius 1 is 0.897 bits per heavy atom. The van der Waals surface area contributed by atoms with E-state index in [0.717, 1.165) is 25.7 Å². The highest BCUT2D eigenvalue weighted by Crippen LogP contribution is 2.29. The molecule has 0 spiro atoms. The molecule has 0 aliphatic heterocycles. The van der Waals surface area contributed by atoms with Gasteiger partial charge in [-0.3, -0.25) is 4.99 Å². The summed E-state index contributed by atoms with van der Waals surface area (Å²) in [6.45, 7) is 0. The first-order valence-electron chi connectivity index (χ1n) is 9.09. The number of aromatic hydroxyl groups is 1. The van der Waals surface area contributed by atoms with Gasteiger partial charge in [-0.1, -0.05) is 36.4 Å². The van der Waals surface area contributed by atoms with Crippen LogP contribution in [0.4, 0.5) is 5.69 Å². The smallest absolute Gasteiger partial charge is 0.227 e. The normalized spacial score (nSPS) is 11.6. The molecule has 0 saturated carbocycles. The molecule has 0 aliphatic rings. The maximum atomic E-state index is 10.1. The van der Waals surface area contributed by atoms with Crippen LogP contribution < -0.4 is 0 Å². The van der Waals surface area contributed by atoms with Crippen molar-refractivity contribution in [3.63, 3.8) is 0 Å². The molecule has 29 heavy (non-hydrogen) atoms. The monoisotopic (exact) mass is 490 g/mol. The van der Waals surface area contributed by atoms with Crippen LogP contribution in [0.15, 0.2) is 88.3 Å². The van der Waals surface area contributed by atoms with E-state index in [-0.39, 0.29) is 5.75 Å². The quantitative estimate of drug-likeness (QED) is 0.226. The van der Waals surface area contributed by atoms with Gasteiger partial charge in [0.2, 0.25) is 5.89 Å². The standard InChI is InChI=1S/C24H15IN2O2/c25-20-7-3-6-18(23(20)28)14-26-19-10-11-21-22(13-19)29-24(27-21)17-9-8-15-4-1-2-5-16(15)12-17/h1-14,28H. The molecular weight excluding hydrogens is 475 g/mol. The third kappa shape index (κ3) is 3.49. The lowest BCUT2D eigenvalue weighted by atomic mass is 10.1. The maximum absolute atomic E-state index is 10.1. The molecule has 5 aromatic rings. The van der Waals surface area contributed by atoms with Gasteiger partial charge < -0.3 is 9.52 Å². The molecule has 0 bridgehead atoms. The maximum Gasteiger partial charge on any atom is 0.227 e. The summed E-state index contributed by atoms with van der Waals surface area (Å²) >= 11 is 2.09. The third-order valence-electron chi connectivity index (χ3n) is 4.74. The van der Waals surface area contributed by atoms with Crippen molar-refractivity contribution in [2.24, 2.45) is 4.99 Å². The van der Waals surface area contributed by atoms with Gasteiger partial charge in [0.25, 0.3) is 0 Å². The number of aliphatic imine (C=N–C) groups is 1. The number of benzene rings is 4. The van der Waals surface area contributed by atoms with Crippen LogP contribution in [0.5, 0.6) is 5.75 Å². The minimum atomic E-state index is 0.233. The van der Waals surface area contributed by atoms with E-state index in [4.69, 9.17) is 4.42 Å². The van der Waals surface area contributed by atoms with Gasteiger partial charge in [0.05, 0.1) is 9.26 Å². The van der Waals surface area contributed by atoms with Crippen molar-refractivity contribution >= 4 is 56.4 Å². The molecule has 1 heterocycles. The number of hydrogen-bond donors (Lipinski definition) is 1. The number of phenols is 1. The van der Waals surface area contributed by atoms with Crippen molar-refractivity contribution < 1.29 is 9.52 Å².